The third kappa shape index (κ3) is 8.26. The van der Waals surface area contributed by atoms with Crippen molar-refractivity contribution in [3.63, 3.8) is 0 Å². The summed E-state index contributed by atoms with van der Waals surface area (Å²) < 4.78 is 5.86. The van der Waals surface area contributed by atoms with Gasteiger partial charge in [0.05, 0.1) is 0 Å². The van der Waals surface area contributed by atoms with Crippen molar-refractivity contribution in [2.24, 2.45) is 0 Å². The largest absolute Gasteiger partial charge is 0.484 e. The van der Waals surface area contributed by atoms with Crippen LogP contribution >= 0.6 is 0 Å². The minimum Gasteiger partial charge on any atom is -0.484 e. The molecule has 1 atom stereocenters. The van der Waals surface area contributed by atoms with Gasteiger partial charge in [-0.3, -0.25) is 9.59 Å². The smallest absolute Gasteiger partial charge is 0.261 e. The van der Waals surface area contributed by atoms with Gasteiger partial charge in [-0.15, -0.1) is 0 Å². The molecule has 3 aromatic rings. The zero-order valence-electron chi connectivity index (χ0n) is 22.1. The fourth-order valence-corrected chi connectivity index (χ4v) is 3.95. The van der Waals surface area contributed by atoms with Gasteiger partial charge in [0, 0.05) is 18.5 Å². The van der Waals surface area contributed by atoms with Crippen LogP contribution in [0.25, 0.3) is 0 Å². The van der Waals surface area contributed by atoms with E-state index in [4.69, 9.17) is 4.74 Å². The third-order valence-corrected chi connectivity index (χ3v) is 5.94. The van der Waals surface area contributed by atoms with Crippen molar-refractivity contribution in [1.29, 1.82) is 0 Å². The predicted molar refractivity (Wildman–Crippen MR) is 145 cm³/mol. The maximum Gasteiger partial charge on any atom is 0.261 e. The van der Waals surface area contributed by atoms with Crippen LogP contribution in [0.3, 0.4) is 0 Å². The predicted octanol–water partition coefficient (Wildman–Crippen LogP) is 5.49. The lowest BCUT2D eigenvalue weighted by Crippen LogP contribution is -2.55. The molecule has 0 heterocycles. The normalized spacial score (nSPS) is 12.0. The molecule has 0 aliphatic rings. The van der Waals surface area contributed by atoms with Crippen LogP contribution in [0.5, 0.6) is 5.75 Å². The highest BCUT2D eigenvalue weighted by Gasteiger charge is 2.32. The molecule has 0 saturated heterocycles. The maximum absolute atomic E-state index is 13.6. The monoisotopic (exact) mass is 486 g/mol. The second-order valence-corrected chi connectivity index (χ2v) is 10.2. The molecule has 3 aromatic carbocycles. The topological polar surface area (TPSA) is 58.6 Å². The molecule has 0 aromatic heterocycles. The van der Waals surface area contributed by atoms with Crippen LogP contribution in [-0.4, -0.2) is 34.9 Å². The lowest BCUT2D eigenvalue weighted by Gasteiger charge is -2.33. The molecule has 0 saturated carbocycles. The average molecular weight is 487 g/mol. The van der Waals surface area contributed by atoms with E-state index < -0.39 is 11.6 Å². The second kappa shape index (κ2) is 12.4. The number of aryl methyl sites for hydroxylation is 2. The molecule has 2 amide bonds. The molecule has 3 rings (SSSR count). The van der Waals surface area contributed by atoms with E-state index in [0.29, 0.717) is 18.7 Å². The first-order chi connectivity index (χ1) is 17.1. The quantitative estimate of drug-likeness (QED) is 0.412. The van der Waals surface area contributed by atoms with Crippen molar-refractivity contribution in [3.05, 3.63) is 101 Å². The lowest BCUT2D eigenvalue weighted by atomic mass is 10.0. The van der Waals surface area contributed by atoms with Gasteiger partial charge in [0.1, 0.15) is 11.8 Å². The van der Waals surface area contributed by atoms with Gasteiger partial charge in [-0.2, -0.15) is 0 Å². The van der Waals surface area contributed by atoms with Crippen LogP contribution in [0.2, 0.25) is 0 Å². The van der Waals surface area contributed by atoms with Gasteiger partial charge < -0.3 is 15.0 Å². The Morgan fingerprint density at radius 3 is 2.06 bits per heavy atom. The Balaban J connectivity index is 1.90. The summed E-state index contributed by atoms with van der Waals surface area (Å²) in [7, 11) is 0. The van der Waals surface area contributed by atoms with Gasteiger partial charge in [-0.05, 0) is 62.9 Å². The van der Waals surface area contributed by atoms with E-state index in [9.17, 15) is 9.59 Å². The number of carbonyl (C=O) groups is 2. The van der Waals surface area contributed by atoms with E-state index in [1.807, 2.05) is 107 Å². The number of carbonyl (C=O) groups excluding carboxylic acids is 2. The maximum atomic E-state index is 13.6. The Morgan fingerprint density at radius 2 is 1.47 bits per heavy atom. The zero-order chi connectivity index (χ0) is 26.1. The van der Waals surface area contributed by atoms with Crippen molar-refractivity contribution in [1.82, 2.24) is 10.2 Å². The molecule has 0 bridgehead atoms. The molecule has 5 heteroatoms. The van der Waals surface area contributed by atoms with E-state index in [1.165, 1.54) is 5.56 Å². The summed E-state index contributed by atoms with van der Waals surface area (Å²) in [6.07, 6.45) is 1.35. The van der Waals surface area contributed by atoms with E-state index in [0.717, 1.165) is 23.1 Å². The number of nitrogens with zero attached hydrogens (tertiary/aromatic N) is 1. The molecule has 0 aliphatic heterocycles. The standard InChI is InChI=1S/C31H38N2O3/c1-6-24-16-18-27(19-17-24)36-22-29(34)33(21-26-14-12-23(2)13-15-26)28(30(35)32-31(3,4)5)20-25-10-8-7-9-11-25/h7-19,28H,6,20-22H2,1-5H3,(H,32,35). The highest BCUT2D eigenvalue weighted by atomic mass is 16.5. The van der Waals surface area contributed by atoms with Gasteiger partial charge in [-0.1, -0.05) is 79.2 Å². The fraction of sp³-hybridized carbons (Fsp3) is 0.355. The zero-order valence-corrected chi connectivity index (χ0v) is 22.1. The van der Waals surface area contributed by atoms with Gasteiger partial charge in [-0.25, -0.2) is 0 Å². The third-order valence-electron chi connectivity index (χ3n) is 5.94. The summed E-state index contributed by atoms with van der Waals surface area (Å²) in [5.41, 5.74) is 3.87. The number of amides is 2. The van der Waals surface area contributed by atoms with Gasteiger partial charge in [0.2, 0.25) is 5.91 Å². The van der Waals surface area contributed by atoms with Crippen LogP contribution in [0.1, 0.15) is 49.9 Å². The van der Waals surface area contributed by atoms with Gasteiger partial charge in [0.25, 0.3) is 5.91 Å². The number of hydrogen-bond donors (Lipinski definition) is 1. The summed E-state index contributed by atoms with van der Waals surface area (Å²) in [5, 5.41) is 3.08. The van der Waals surface area contributed by atoms with E-state index in [-0.39, 0.29) is 18.4 Å². The Bertz CT molecular complexity index is 1120. The minimum atomic E-state index is -0.688. The van der Waals surface area contributed by atoms with Crippen LogP contribution in [0.4, 0.5) is 0 Å². The number of rotatable bonds is 10. The summed E-state index contributed by atoms with van der Waals surface area (Å²) in [4.78, 5) is 28.8. The first kappa shape index (κ1) is 27.0. The van der Waals surface area contributed by atoms with Crippen molar-refractivity contribution >= 4 is 11.8 Å². The Kier molecular flexibility index (Phi) is 9.29. The molecule has 0 spiro atoms. The van der Waals surface area contributed by atoms with Crippen molar-refractivity contribution in [3.8, 4) is 5.75 Å². The lowest BCUT2D eigenvalue weighted by molar-refractivity contribution is -0.143. The molecule has 190 valence electrons. The van der Waals surface area contributed by atoms with Crippen LogP contribution in [0, 0.1) is 6.92 Å². The molecule has 1 N–H and O–H groups in total. The molecule has 36 heavy (non-hydrogen) atoms. The summed E-state index contributed by atoms with van der Waals surface area (Å²) in [5.74, 6) is 0.217. The van der Waals surface area contributed by atoms with Crippen molar-refractivity contribution < 1.29 is 14.3 Å². The first-order valence-corrected chi connectivity index (χ1v) is 12.6. The first-order valence-electron chi connectivity index (χ1n) is 12.6. The molecule has 0 fully saturated rings. The second-order valence-electron chi connectivity index (χ2n) is 10.2. The number of hydrogen-bond acceptors (Lipinski definition) is 3. The van der Waals surface area contributed by atoms with Crippen molar-refractivity contribution in [2.75, 3.05) is 6.61 Å². The molecular formula is C31H38N2O3. The summed E-state index contributed by atoms with van der Waals surface area (Å²) in [6, 6.07) is 24.9. The highest BCUT2D eigenvalue weighted by molar-refractivity contribution is 5.89. The molecular weight excluding hydrogens is 448 g/mol. The van der Waals surface area contributed by atoms with Crippen molar-refractivity contribution in [2.45, 2.75) is 65.6 Å². The van der Waals surface area contributed by atoms with Gasteiger partial charge >= 0.3 is 0 Å². The average Bonchev–Trinajstić information content (AvgIpc) is 2.85. The van der Waals surface area contributed by atoms with Crippen LogP contribution in [0.15, 0.2) is 78.9 Å². The Labute approximate surface area is 215 Å². The van der Waals surface area contributed by atoms with Gasteiger partial charge in [0.15, 0.2) is 6.61 Å². The van der Waals surface area contributed by atoms with E-state index >= 15 is 0 Å². The SMILES string of the molecule is CCc1ccc(OCC(=O)N(Cc2ccc(C)cc2)C(Cc2ccccc2)C(=O)NC(C)(C)C)cc1. The van der Waals surface area contributed by atoms with Crippen LogP contribution in [-0.2, 0) is 29.0 Å². The Hall–Kier alpha value is -3.60. The molecule has 0 radical (unpaired) electrons. The number of nitrogens with one attached hydrogen (secondary N) is 1. The number of ether oxygens (including phenoxy) is 1. The molecule has 1 unspecified atom stereocenters. The van der Waals surface area contributed by atoms with E-state index in [2.05, 4.69) is 12.2 Å². The number of benzene rings is 3. The summed E-state index contributed by atoms with van der Waals surface area (Å²) >= 11 is 0. The fourth-order valence-electron chi connectivity index (χ4n) is 3.95. The molecule has 5 nitrogen and oxygen atoms in total. The van der Waals surface area contributed by atoms with E-state index in [1.54, 1.807) is 4.90 Å². The summed E-state index contributed by atoms with van der Waals surface area (Å²) in [6.45, 7) is 10.1. The van der Waals surface area contributed by atoms with Crippen LogP contribution < -0.4 is 10.1 Å². The molecule has 0 aliphatic carbocycles. The Morgan fingerprint density at radius 1 is 0.861 bits per heavy atom. The highest BCUT2D eigenvalue weighted by Crippen LogP contribution is 2.18. The minimum absolute atomic E-state index is 0.147.